The molecule has 8 nitrogen and oxygen atoms in total. The average molecular weight is 296 g/mol. The molecular formula is C11H16N6O2S. The molecule has 1 aromatic heterocycles. The summed E-state index contributed by atoms with van der Waals surface area (Å²) in [5.41, 5.74) is 0.812. The standard InChI is InChI=1S/C11H16N6O2S/c1-7(13-8(2)11-14-16-17-15-11)9-4-3-5-10(6-9)20(12,18)19/h3-8,13H,1-2H3,(H2,12,18,19)(H,14,15,16,17). The molecule has 0 bridgehead atoms. The first kappa shape index (κ1) is 14.6. The molecule has 2 aromatic rings. The van der Waals surface area contributed by atoms with Crippen LogP contribution in [0.1, 0.15) is 37.3 Å². The second-order valence-electron chi connectivity index (χ2n) is 4.50. The van der Waals surface area contributed by atoms with Crippen LogP contribution in [0.5, 0.6) is 0 Å². The molecule has 0 spiro atoms. The van der Waals surface area contributed by atoms with E-state index < -0.39 is 10.0 Å². The minimum atomic E-state index is -3.70. The third kappa shape index (κ3) is 3.38. The quantitative estimate of drug-likeness (QED) is 0.726. The first-order valence-corrected chi connectivity index (χ1v) is 7.54. The number of aromatic nitrogens is 4. The molecular weight excluding hydrogens is 280 g/mol. The Labute approximate surface area is 116 Å². The van der Waals surface area contributed by atoms with Crippen molar-refractivity contribution >= 4 is 10.0 Å². The molecule has 1 heterocycles. The van der Waals surface area contributed by atoms with Gasteiger partial charge >= 0.3 is 0 Å². The summed E-state index contributed by atoms with van der Waals surface area (Å²) in [5.74, 6) is 0.541. The molecule has 0 fully saturated rings. The molecule has 0 radical (unpaired) electrons. The van der Waals surface area contributed by atoms with E-state index in [1.807, 2.05) is 19.9 Å². The SMILES string of the molecule is CC(NC(C)c1nn[nH]n1)c1cccc(S(N)(=O)=O)c1. The molecule has 0 saturated carbocycles. The van der Waals surface area contributed by atoms with Crippen LogP contribution in [0.3, 0.4) is 0 Å². The molecule has 9 heteroatoms. The zero-order valence-corrected chi connectivity index (χ0v) is 11.9. The number of tetrazole rings is 1. The second-order valence-corrected chi connectivity index (χ2v) is 6.06. The molecule has 4 N–H and O–H groups in total. The molecule has 20 heavy (non-hydrogen) atoms. The number of hydrogen-bond acceptors (Lipinski definition) is 6. The molecule has 1 aromatic carbocycles. The molecule has 0 amide bonds. The third-order valence-corrected chi connectivity index (χ3v) is 3.85. The average Bonchev–Trinajstić information content (AvgIpc) is 2.91. The summed E-state index contributed by atoms with van der Waals surface area (Å²) in [4.78, 5) is 0.0934. The van der Waals surface area contributed by atoms with Gasteiger partial charge in [0.1, 0.15) is 0 Å². The monoisotopic (exact) mass is 296 g/mol. The summed E-state index contributed by atoms with van der Waals surface area (Å²) in [7, 11) is -3.70. The predicted molar refractivity (Wildman–Crippen MR) is 72.0 cm³/mol. The second kappa shape index (κ2) is 5.65. The Morgan fingerprint density at radius 1 is 1.30 bits per heavy atom. The summed E-state index contributed by atoms with van der Waals surface area (Å²) in [6, 6.07) is 6.29. The van der Waals surface area contributed by atoms with Crippen molar-refractivity contribution in [1.29, 1.82) is 0 Å². The lowest BCUT2D eigenvalue weighted by Gasteiger charge is -2.18. The van der Waals surface area contributed by atoms with Crippen LogP contribution in [0.2, 0.25) is 0 Å². The van der Waals surface area contributed by atoms with Gasteiger partial charge in [-0.15, -0.1) is 10.2 Å². The summed E-state index contributed by atoms with van der Waals surface area (Å²) in [6.07, 6.45) is 0. The minimum absolute atomic E-state index is 0.0924. The van der Waals surface area contributed by atoms with E-state index in [4.69, 9.17) is 5.14 Å². The normalized spacial score (nSPS) is 14.9. The summed E-state index contributed by atoms with van der Waals surface area (Å²) >= 11 is 0. The highest BCUT2D eigenvalue weighted by Crippen LogP contribution is 2.19. The number of nitrogens with two attached hydrogens (primary N) is 1. The lowest BCUT2D eigenvalue weighted by atomic mass is 10.1. The Balaban J connectivity index is 2.15. The number of H-pyrrole nitrogens is 1. The number of nitrogens with one attached hydrogen (secondary N) is 2. The Hall–Kier alpha value is -1.84. The number of hydrogen-bond donors (Lipinski definition) is 3. The Morgan fingerprint density at radius 3 is 2.65 bits per heavy atom. The maximum Gasteiger partial charge on any atom is 0.238 e. The van der Waals surface area contributed by atoms with Crippen molar-refractivity contribution in [1.82, 2.24) is 25.9 Å². The van der Waals surface area contributed by atoms with Gasteiger partial charge in [0.05, 0.1) is 10.9 Å². The number of rotatable bonds is 5. The lowest BCUT2D eigenvalue weighted by Crippen LogP contribution is -2.24. The Kier molecular flexibility index (Phi) is 4.12. The number of sulfonamides is 1. The van der Waals surface area contributed by atoms with Gasteiger partial charge in [0.2, 0.25) is 10.0 Å². The van der Waals surface area contributed by atoms with Gasteiger partial charge in [-0.05, 0) is 31.5 Å². The van der Waals surface area contributed by atoms with E-state index in [2.05, 4.69) is 25.9 Å². The highest BCUT2D eigenvalue weighted by molar-refractivity contribution is 7.89. The minimum Gasteiger partial charge on any atom is -0.301 e. The molecule has 0 saturated heterocycles. The number of aromatic amines is 1. The molecule has 108 valence electrons. The van der Waals surface area contributed by atoms with Crippen LogP contribution in [-0.4, -0.2) is 29.0 Å². The van der Waals surface area contributed by atoms with Crippen molar-refractivity contribution < 1.29 is 8.42 Å². The van der Waals surface area contributed by atoms with Crippen LogP contribution < -0.4 is 10.5 Å². The van der Waals surface area contributed by atoms with Crippen LogP contribution in [0, 0.1) is 0 Å². The van der Waals surface area contributed by atoms with E-state index in [1.54, 1.807) is 12.1 Å². The van der Waals surface area contributed by atoms with Crippen LogP contribution >= 0.6 is 0 Å². The zero-order chi connectivity index (χ0) is 14.8. The van der Waals surface area contributed by atoms with Crippen molar-refractivity contribution in [2.45, 2.75) is 30.8 Å². The van der Waals surface area contributed by atoms with Gasteiger partial charge < -0.3 is 5.32 Å². The van der Waals surface area contributed by atoms with Gasteiger partial charge in [0.15, 0.2) is 5.82 Å². The van der Waals surface area contributed by atoms with E-state index in [0.717, 1.165) is 5.56 Å². The molecule has 2 unspecified atom stereocenters. The van der Waals surface area contributed by atoms with Gasteiger partial charge in [-0.3, -0.25) is 0 Å². The summed E-state index contributed by atoms with van der Waals surface area (Å²) in [6.45, 7) is 3.81. The van der Waals surface area contributed by atoms with Crippen molar-refractivity contribution in [2.75, 3.05) is 0 Å². The smallest absolute Gasteiger partial charge is 0.238 e. The molecule has 0 aliphatic heterocycles. The first-order valence-electron chi connectivity index (χ1n) is 6.00. The van der Waals surface area contributed by atoms with Crippen molar-refractivity contribution in [3.63, 3.8) is 0 Å². The number of benzene rings is 1. The fraction of sp³-hybridized carbons (Fsp3) is 0.364. The largest absolute Gasteiger partial charge is 0.301 e. The maximum atomic E-state index is 11.3. The van der Waals surface area contributed by atoms with Crippen LogP contribution in [0.4, 0.5) is 0 Å². The molecule has 2 rings (SSSR count). The van der Waals surface area contributed by atoms with Crippen LogP contribution in [0.15, 0.2) is 29.2 Å². The highest BCUT2D eigenvalue weighted by atomic mass is 32.2. The van der Waals surface area contributed by atoms with Crippen molar-refractivity contribution in [3.05, 3.63) is 35.7 Å². The van der Waals surface area contributed by atoms with E-state index in [-0.39, 0.29) is 17.0 Å². The van der Waals surface area contributed by atoms with E-state index in [1.165, 1.54) is 6.07 Å². The van der Waals surface area contributed by atoms with Gasteiger partial charge in [-0.2, -0.15) is 5.21 Å². The highest BCUT2D eigenvalue weighted by Gasteiger charge is 2.16. The van der Waals surface area contributed by atoms with Crippen LogP contribution in [-0.2, 0) is 10.0 Å². The van der Waals surface area contributed by atoms with Gasteiger partial charge in [-0.25, -0.2) is 13.6 Å². The van der Waals surface area contributed by atoms with Gasteiger partial charge in [0.25, 0.3) is 0 Å². The Morgan fingerprint density at radius 2 is 2.05 bits per heavy atom. The topological polar surface area (TPSA) is 127 Å². The van der Waals surface area contributed by atoms with E-state index in [0.29, 0.717) is 5.82 Å². The molecule has 0 aliphatic rings. The first-order chi connectivity index (χ1) is 9.38. The summed E-state index contributed by atoms with van der Waals surface area (Å²) < 4.78 is 22.7. The maximum absolute atomic E-state index is 11.3. The summed E-state index contributed by atoms with van der Waals surface area (Å²) in [5, 5.41) is 22.1. The number of nitrogens with zero attached hydrogens (tertiary/aromatic N) is 3. The fourth-order valence-corrected chi connectivity index (χ4v) is 2.43. The fourth-order valence-electron chi connectivity index (χ4n) is 1.86. The predicted octanol–water partition coefficient (Wildman–Crippen LogP) is 0.259. The molecule has 2 atom stereocenters. The number of primary sulfonamides is 1. The van der Waals surface area contributed by atoms with Crippen molar-refractivity contribution in [2.24, 2.45) is 5.14 Å². The van der Waals surface area contributed by atoms with E-state index >= 15 is 0 Å². The van der Waals surface area contributed by atoms with Crippen molar-refractivity contribution in [3.8, 4) is 0 Å². The Bertz CT molecular complexity index is 670. The van der Waals surface area contributed by atoms with E-state index in [9.17, 15) is 8.42 Å². The zero-order valence-electron chi connectivity index (χ0n) is 11.1. The lowest BCUT2D eigenvalue weighted by molar-refractivity contribution is 0.476. The molecule has 0 aliphatic carbocycles. The van der Waals surface area contributed by atoms with Gasteiger partial charge in [0, 0.05) is 6.04 Å². The van der Waals surface area contributed by atoms with Gasteiger partial charge in [-0.1, -0.05) is 17.3 Å². The third-order valence-electron chi connectivity index (χ3n) is 2.94. The van der Waals surface area contributed by atoms with Crippen LogP contribution in [0.25, 0.3) is 0 Å².